The molecule has 1 aliphatic rings. The first-order valence-corrected chi connectivity index (χ1v) is 6.57. The van der Waals surface area contributed by atoms with Crippen molar-refractivity contribution in [1.82, 2.24) is 9.97 Å². The fourth-order valence-electron chi connectivity index (χ4n) is 2.20. The van der Waals surface area contributed by atoms with Crippen molar-refractivity contribution in [2.24, 2.45) is 5.73 Å². The highest BCUT2D eigenvalue weighted by Crippen LogP contribution is 2.44. The Balaban J connectivity index is 1.92. The third kappa shape index (κ3) is 1.94. The second kappa shape index (κ2) is 4.47. The van der Waals surface area contributed by atoms with Gasteiger partial charge in [-0.3, -0.25) is 0 Å². The quantitative estimate of drug-likeness (QED) is 0.879. The zero-order valence-corrected chi connectivity index (χ0v) is 10.1. The van der Waals surface area contributed by atoms with Crippen LogP contribution in [0, 0.1) is 0 Å². The first kappa shape index (κ1) is 10.7. The molecule has 0 saturated heterocycles. The molecule has 0 saturated carbocycles. The molecule has 1 aromatic carbocycles. The SMILES string of the molecule is NC(c1cncnc1)C1CSc2ccccc21. The van der Waals surface area contributed by atoms with Gasteiger partial charge in [0, 0.05) is 40.6 Å². The molecular formula is C13H13N3S. The number of fused-ring (bicyclic) bond motifs is 1. The maximum Gasteiger partial charge on any atom is 0.115 e. The van der Waals surface area contributed by atoms with E-state index in [1.54, 1.807) is 0 Å². The second-order valence-electron chi connectivity index (χ2n) is 4.15. The molecule has 0 aliphatic carbocycles. The summed E-state index contributed by atoms with van der Waals surface area (Å²) >= 11 is 1.88. The molecule has 0 fully saturated rings. The van der Waals surface area contributed by atoms with Gasteiger partial charge < -0.3 is 5.73 Å². The topological polar surface area (TPSA) is 51.8 Å². The van der Waals surface area contributed by atoms with Crippen molar-refractivity contribution >= 4 is 11.8 Å². The van der Waals surface area contributed by atoms with Crippen LogP contribution in [0.2, 0.25) is 0 Å². The lowest BCUT2D eigenvalue weighted by atomic mass is 9.90. The minimum absolute atomic E-state index is 0.0210. The molecule has 3 nitrogen and oxygen atoms in total. The smallest absolute Gasteiger partial charge is 0.115 e. The molecule has 2 aromatic rings. The first-order valence-electron chi connectivity index (χ1n) is 5.58. The van der Waals surface area contributed by atoms with Crippen LogP contribution < -0.4 is 5.73 Å². The van der Waals surface area contributed by atoms with Crippen LogP contribution in [-0.4, -0.2) is 15.7 Å². The summed E-state index contributed by atoms with van der Waals surface area (Å²) in [5.74, 6) is 1.40. The van der Waals surface area contributed by atoms with Gasteiger partial charge in [0.1, 0.15) is 6.33 Å². The Morgan fingerprint density at radius 3 is 2.82 bits per heavy atom. The van der Waals surface area contributed by atoms with E-state index < -0.39 is 0 Å². The summed E-state index contributed by atoms with van der Waals surface area (Å²) in [6.07, 6.45) is 5.15. The monoisotopic (exact) mass is 243 g/mol. The molecular weight excluding hydrogens is 230 g/mol. The number of nitrogens with zero attached hydrogens (tertiary/aromatic N) is 2. The number of thioether (sulfide) groups is 1. The highest BCUT2D eigenvalue weighted by atomic mass is 32.2. The highest BCUT2D eigenvalue weighted by Gasteiger charge is 2.29. The van der Waals surface area contributed by atoms with Crippen LogP contribution in [0.1, 0.15) is 23.1 Å². The summed E-state index contributed by atoms with van der Waals surface area (Å²) in [5.41, 5.74) is 8.69. The number of hydrogen-bond donors (Lipinski definition) is 1. The van der Waals surface area contributed by atoms with Crippen molar-refractivity contribution in [2.45, 2.75) is 16.9 Å². The van der Waals surface area contributed by atoms with Gasteiger partial charge in [0.25, 0.3) is 0 Å². The van der Waals surface area contributed by atoms with Gasteiger partial charge in [0.15, 0.2) is 0 Å². The summed E-state index contributed by atoms with van der Waals surface area (Å²) < 4.78 is 0. The van der Waals surface area contributed by atoms with Crippen molar-refractivity contribution in [1.29, 1.82) is 0 Å². The number of benzene rings is 1. The van der Waals surface area contributed by atoms with Gasteiger partial charge in [-0.1, -0.05) is 18.2 Å². The van der Waals surface area contributed by atoms with E-state index in [4.69, 9.17) is 5.73 Å². The highest BCUT2D eigenvalue weighted by molar-refractivity contribution is 7.99. The molecule has 17 heavy (non-hydrogen) atoms. The fourth-order valence-corrected chi connectivity index (χ4v) is 3.51. The van der Waals surface area contributed by atoms with E-state index in [1.165, 1.54) is 16.8 Å². The predicted octanol–water partition coefficient (Wildman–Crippen LogP) is 2.37. The van der Waals surface area contributed by atoms with Crippen molar-refractivity contribution in [3.8, 4) is 0 Å². The van der Waals surface area contributed by atoms with Crippen molar-refractivity contribution < 1.29 is 0 Å². The van der Waals surface area contributed by atoms with Gasteiger partial charge in [0.05, 0.1) is 0 Å². The Morgan fingerprint density at radius 2 is 2.00 bits per heavy atom. The predicted molar refractivity (Wildman–Crippen MR) is 68.9 cm³/mol. The average Bonchev–Trinajstić information content (AvgIpc) is 2.83. The van der Waals surface area contributed by atoms with Gasteiger partial charge in [-0.25, -0.2) is 9.97 Å². The minimum atomic E-state index is -0.0210. The van der Waals surface area contributed by atoms with E-state index in [0.29, 0.717) is 5.92 Å². The fraction of sp³-hybridized carbons (Fsp3) is 0.231. The number of rotatable bonds is 2. The normalized spacial score (nSPS) is 19.9. The summed E-state index contributed by atoms with van der Waals surface area (Å²) in [4.78, 5) is 9.42. The Bertz CT molecular complexity index is 515. The standard InChI is InChI=1S/C13H13N3S/c14-13(9-5-15-8-16-6-9)11-7-17-12-4-2-1-3-10(11)12/h1-6,8,11,13H,7,14H2. The van der Waals surface area contributed by atoms with Gasteiger partial charge in [0.2, 0.25) is 0 Å². The van der Waals surface area contributed by atoms with Crippen molar-refractivity contribution in [3.63, 3.8) is 0 Å². The largest absolute Gasteiger partial charge is 0.323 e. The maximum absolute atomic E-state index is 6.32. The first-order chi connectivity index (χ1) is 8.36. The molecule has 0 radical (unpaired) electrons. The van der Waals surface area contributed by atoms with E-state index in [1.807, 2.05) is 24.2 Å². The van der Waals surface area contributed by atoms with Crippen molar-refractivity contribution in [2.75, 3.05) is 5.75 Å². The zero-order valence-electron chi connectivity index (χ0n) is 9.28. The lowest BCUT2D eigenvalue weighted by Crippen LogP contribution is -2.20. The van der Waals surface area contributed by atoms with Crippen LogP contribution in [0.25, 0.3) is 0 Å². The Hall–Kier alpha value is -1.39. The van der Waals surface area contributed by atoms with Gasteiger partial charge in [-0.2, -0.15) is 0 Å². The van der Waals surface area contributed by atoms with Crippen LogP contribution in [0.15, 0.2) is 47.9 Å². The van der Waals surface area contributed by atoms with E-state index >= 15 is 0 Å². The average molecular weight is 243 g/mol. The third-order valence-electron chi connectivity index (χ3n) is 3.14. The number of nitrogens with two attached hydrogens (primary N) is 1. The molecule has 0 bridgehead atoms. The Kier molecular flexibility index (Phi) is 2.82. The summed E-state index contributed by atoms with van der Waals surface area (Å²) in [6.45, 7) is 0. The van der Waals surface area contributed by atoms with E-state index in [2.05, 4.69) is 34.2 Å². The van der Waals surface area contributed by atoms with Crippen LogP contribution in [-0.2, 0) is 0 Å². The summed E-state index contributed by atoms with van der Waals surface area (Å²) in [6, 6.07) is 8.46. The molecule has 2 atom stereocenters. The minimum Gasteiger partial charge on any atom is -0.323 e. The molecule has 3 rings (SSSR count). The van der Waals surface area contributed by atoms with Crippen molar-refractivity contribution in [3.05, 3.63) is 54.1 Å². The zero-order chi connectivity index (χ0) is 11.7. The van der Waals surface area contributed by atoms with Gasteiger partial charge in [-0.15, -0.1) is 11.8 Å². The van der Waals surface area contributed by atoms with E-state index in [-0.39, 0.29) is 6.04 Å². The molecule has 2 unspecified atom stereocenters. The second-order valence-corrected chi connectivity index (χ2v) is 5.21. The maximum atomic E-state index is 6.32. The van der Waals surface area contributed by atoms with E-state index in [0.717, 1.165) is 11.3 Å². The molecule has 0 spiro atoms. The molecule has 2 N–H and O–H groups in total. The molecule has 2 heterocycles. The summed E-state index contributed by atoms with van der Waals surface area (Å²) in [5, 5.41) is 0. The molecule has 4 heteroatoms. The Labute approximate surface area is 104 Å². The summed E-state index contributed by atoms with van der Waals surface area (Å²) in [7, 11) is 0. The van der Waals surface area contributed by atoms with Crippen LogP contribution in [0.3, 0.4) is 0 Å². The molecule has 1 aromatic heterocycles. The lowest BCUT2D eigenvalue weighted by molar-refractivity contribution is 0.602. The number of hydrogen-bond acceptors (Lipinski definition) is 4. The third-order valence-corrected chi connectivity index (χ3v) is 4.34. The van der Waals surface area contributed by atoms with Crippen LogP contribution in [0.4, 0.5) is 0 Å². The van der Waals surface area contributed by atoms with E-state index in [9.17, 15) is 0 Å². The van der Waals surface area contributed by atoms with Crippen LogP contribution in [0.5, 0.6) is 0 Å². The Morgan fingerprint density at radius 1 is 1.24 bits per heavy atom. The van der Waals surface area contributed by atoms with Gasteiger partial charge >= 0.3 is 0 Å². The molecule has 0 amide bonds. The molecule has 1 aliphatic heterocycles. The van der Waals surface area contributed by atoms with Crippen LogP contribution >= 0.6 is 11.8 Å². The number of aromatic nitrogens is 2. The van der Waals surface area contributed by atoms with Gasteiger partial charge in [-0.05, 0) is 11.6 Å². The molecule has 86 valence electrons. The lowest BCUT2D eigenvalue weighted by Gasteiger charge is -2.19.